The van der Waals surface area contributed by atoms with Crippen LogP contribution < -0.4 is 10.1 Å². The minimum Gasteiger partial charge on any atom is -0.497 e. The first kappa shape index (κ1) is 25.6. The fraction of sp³-hybridized carbons (Fsp3) is 0.423. The largest absolute Gasteiger partial charge is 0.497 e. The van der Waals surface area contributed by atoms with Crippen LogP contribution in [0.4, 0.5) is 0 Å². The lowest BCUT2D eigenvalue weighted by Gasteiger charge is -2.23. The highest BCUT2D eigenvalue weighted by Gasteiger charge is 2.28. The Bertz CT molecular complexity index is 954. The summed E-state index contributed by atoms with van der Waals surface area (Å²) in [7, 11) is 1.57. The van der Waals surface area contributed by atoms with E-state index in [0.717, 1.165) is 42.6 Å². The highest BCUT2D eigenvalue weighted by atomic mass is 32.2. The van der Waals surface area contributed by atoms with Crippen molar-refractivity contribution in [1.29, 1.82) is 0 Å². The zero-order valence-electron chi connectivity index (χ0n) is 19.6. The van der Waals surface area contributed by atoms with Crippen molar-refractivity contribution in [3.63, 3.8) is 0 Å². The molecular formula is C26H31NO6S. The summed E-state index contributed by atoms with van der Waals surface area (Å²) >= 11 is 1.56. The molecule has 0 saturated heterocycles. The van der Waals surface area contributed by atoms with E-state index in [9.17, 15) is 14.4 Å². The van der Waals surface area contributed by atoms with Gasteiger partial charge in [-0.3, -0.25) is 9.59 Å². The molecule has 1 atom stereocenters. The quantitative estimate of drug-likeness (QED) is 0.391. The molecular weight excluding hydrogens is 454 g/mol. The summed E-state index contributed by atoms with van der Waals surface area (Å²) in [5, 5.41) is 2.65. The van der Waals surface area contributed by atoms with Crippen molar-refractivity contribution >= 4 is 29.6 Å². The number of benzene rings is 2. The molecule has 1 saturated carbocycles. The molecule has 2 aromatic carbocycles. The van der Waals surface area contributed by atoms with Crippen molar-refractivity contribution in [3.8, 4) is 5.75 Å². The van der Waals surface area contributed by atoms with E-state index in [1.807, 2.05) is 18.4 Å². The highest BCUT2D eigenvalue weighted by molar-refractivity contribution is 7.98. The molecule has 0 aliphatic heterocycles. The minimum atomic E-state index is -1.15. The Morgan fingerprint density at radius 2 is 1.68 bits per heavy atom. The first-order chi connectivity index (χ1) is 16.5. The molecule has 0 bridgehead atoms. The molecule has 0 heterocycles. The van der Waals surface area contributed by atoms with E-state index < -0.39 is 23.9 Å². The lowest BCUT2D eigenvalue weighted by Crippen LogP contribution is -2.43. The number of hydrogen-bond acceptors (Lipinski definition) is 7. The number of hydrogen-bond donors (Lipinski definition) is 1. The van der Waals surface area contributed by atoms with Gasteiger partial charge in [0.15, 0.2) is 0 Å². The summed E-state index contributed by atoms with van der Waals surface area (Å²) in [6, 6.07) is 13.0. The van der Waals surface area contributed by atoms with Crippen molar-refractivity contribution in [3.05, 3.63) is 59.7 Å². The maximum absolute atomic E-state index is 12.9. The number of methoxy groups -OCH3 is 1. The second-order valence-electron chi connectivity index (χ2n) is 8.16. The van der Waals surface area contributed by atoms with Gasteiger partial charge in [0, 0.05) is 10.5 Å². The lowest BCUT2D eigenvalue weighted by atomic mass is 9.98. The summed E-state index contributed by atoms with van der Waals surface area (Å²) in [6.07, 6.45) is 6.36. The van der Waals surface area contributed by atoms with Gasteiger partial charge in [-0.2, -0.15) is 0 Å². The first-order valence-electron chi connectivity index (χ1n) is 11.4. The average Bonchev–Trinajstić information content (AvgIpc) is 2.87. The predicted octanol–water partition coefficient (Wildman–Crippen LogP) is 4.52. The summed E-state index contributed by atoms with van der Waals surface area (Å²) < 4.78 is 16.1. The van der Waals surface area contributed by atoms with E-state index in [-0.39, 0.29) is 19.1 Å². The molecule has 8 heteroatoms. The fourth-order valence-corrected chi connectivity index (χ4v) is 4.15. The molecule has 0 unspecified atom stereocenters. The van der Waals surface area contributed by atoms with Gasteiger partial charge in [-0.25, -0.2) is 4.79 Å². The Hall–Kier alpha value is -3.00. The van der Waals surface area contributed by atoms with Gasteiger partial charge in [0.2, 0.25) is 0 Å². The van der Waals surface area contributed by atoms with E-state index in [1.165, 1.54) is 0 Å². The van der Waals surface area contributed by atoms with Gasteiger partial charge in [-0.1, -0.05) is 18.6 Å². The van der Waals surface area contributed by atoms with Crippen molar-refractivity contribution in [1.82, 2.24) is 5.32 Å². The van der Waals surface area contributed by atoms with Gasteiger partial charge in [-0.15, -0.1) is 11.8 Å². The second-order valence-corrected chi connectivity index (χ2v) is 9.04. The van der Waals surface area contributed by atoms with Crippen LogP contribution in [0.2, 0.25) is 0 Å². The van der Waals surface area contributed by atoms with E-state index in [0.29, 0.717) is 11.3 Å². The summed E-state index contributed by atoms with van der Waals surface area (Å²) in [4.78, 5) is 39.2. The molecule has 1 amide bonds. The lowest BCUT2D eigenvalue weighted by molar-refractivity contribution is -0.157. The van der Waals surface area contributed by atoms with Crippen molar-refractivity contribution in [2.24, 2.45) is 0 Å². The van der Waals surface area contributed by atoms with Gasteiger partial charge in [-0.05, 0) is 73.9 Å². The van der Waals surface area contributed by atoms with E-state index in [1.54, 1.807) is 55.3 Å². The van der Waals surface area contributed by atoms with Crippen LogP contribution in [0.15, 0.2) is 53.4 Å². The molecule has 7 nitrogen and oxygen atoms in total. The van der Waals surface area contributed by atoms with Crippen molar-refractivity contribution in [2.45, 2.75) is 62.2 Å². The Labute approximate surface area is 204 Å². The van der Waals surface area contributed by atoms with Crippen LogP contribution in [0.1, 0.15) is 54.4 Å². The van der Waals surface area contributed by atoms with Crippen LogP contribution in [0, 0.1) is 0 Å². The summed E-state index contributed by atoms with van der Waals surface area (Å²) in [5.74, 6) is -0.968. The maximum atomic E-state index is 12.9. The molecule has 0 radical (unpaired) electrons. The molecule has 182 valence electrons. The average molecular weight is 486 g/mol. The maximum Gasteiger partial charge on any atom is 0.329 e. The zero-order valence-corrected chi connectivity index (χ0v) is 20.4. The highest BCUT2D eigenvalue weighted by Crippen LogP contribution is 2.21. The third kappa shape index (κ3) is 7.80. The number of esters is 2. The van der Waals surface area contributed by atoms with Crippen molar-refractivity contribution in [2.75, 3.05) is 13.4 Å². The third-order valence-electron chi connectivity index (χ3n) is 5.70. The molecule has 1 aliphatic carbocycles. The SMILES string of the molecule is COc1ccc(COC(=O)[C@H](CC(=O)OC2CCCCC2)NC(=O)c2ccc(SC)cc2)cc1. The number of carbonyl (C=O) groups is 3. The molecule has 1 aliphatic rings. The standard InChI is InChI=1S/C26H31NO6S/c1-31-20-12-8-18(9-13-20)17-32-26(30)23(16-24(28)33-21-6-4-3-5-7-21)27-25(29)19-10-14-22(34-2)15-11-19/h8-15,21,23H,3-7,16-17H2,1-2H3,(H,27,29)/t23-/m0/s1. The van der Waals surface area contributed by atoms with Gasteiger partial charge >= 0.3 is 11.9 Å². The molecule has 3 rings (SSSR count). The first-order valence-corrected chi connectivity index (χ1v) is 12.6. The normalized spacial score (nSPS) is 14.6. The summed E-state index contributed by atoms with van der Waals surface area (Å²) in [6.45, 7) is 0.00922. The van der Waals surface area contributed by atoms with E-state index in [2.05, 4.69) is 5.32 Å². The second kappa shape index (κ2) is 13.0. The number of thioether (sulfide) groups is 1. The number of ether oxygens (including phenoxy) is 3. The molecule has 0 aromatic heterocycles. The van der Waals surface area contributed by atoms with Gasteiger partial charge in [0.05, 0.1) is 13.5 Å². The number of nitrogens with one attached hydrogen (secondary N) is 1. The van der Waals surface area contributed by atoms with Gasteiger partial charge < -0.3 is 19.5 Å². The van der Waals surface area contributed by atoms with Crippen LogP contribution in [-0.4, -0.2) is 43.4 Å². The smallest absolute Gasteiger partial charge is 0.329 e. The van der Waals surface area contributed by atoms with Gasteiger partial charge in [0.1, 0.15) is 24.5 Å². The molecule has 2 aromatic rings. The van der Waals surface area contributed by atoms with E-state index in [4.69, 9.17) is 14.2 Å². The molecule has 34 heavy (non-hydrogen) atoms. The number of carbonyl (C=O) groups excluding carboxylic acids is 3. The Morgan fingerprint density at radius 3 is 2.29 bits per heavy atom. The number of rotatable bonds is 10. The third-order valence-corrected chi connectivity index (χ3v) is 6.45. The number of amides is 1. The van der Waals surface area contributed by atoms with Crippen LogP contribution in [0.3, 0.4) is 0 Å². The van der Waals surface area contributed by atoms with Crippen molar-refractivity contribution < 1.29 is 28.6 Å². The molecule has 1 fully saturated rings. The van der Waals surface area contributed by atoms with Gasteiger partial charge in [0.25, 0.3) is 5.91 Å². The van der Waals surface area contributed by atoms with E-state index >= 15 is 0 Å². The van der Waals surface area contributed by atoms with Crippen LogP contribution in [-0.2, 0) is 25.7 Å². The van der Waals surface area contributed by atoms with Crippen LogP contribution in [0.25, 0.3) is 0 Å². The Morgan fingerprint density at radius 1 is 1.00 bits per heavy atom. The van der Waals surface area contributed by atoms with Crippen LogP contribution >= 0.6 is 11.8 Å². The Kier molecular flexibility index (Phi) is 9.82. The Balaban J connectivity index is 1.64. The zero-order chi connectivity index (χ0) is 24.3. The fourth-order valence-electron chi connectivity index (χ4n) is 3.74. The monoisotopic (exact) mass is 485 g/mol. The predicted molar refractivity (Wildman–Crippen MR) is 130 cm³/mol. The topological polar surface area (TPSA) is 90.9 Å². The minimum absolute atomic E-state index is 0.00922. The van der Waals surface area contributed by atoms with Crippen LogP contribution in [0.5, 0.6) is 5.75 Å². The molecule has 1 N–H and O–H groups in total. The molecule has 0 spiro atoms. The summed E-state index contributed by atoms with van der Waals surface area (Å²) in [5.41, 5.74) is 1.16.